The van der Waals surface area contributed by atoms with Gasteiger partial charge in [-0.3, -0.25) is 14.9 Å². The lowest BCUT2D eigenvalue weighted by molar-refractivity contribution is -0.384. The summed E-state index contributed by atoms with van der Waals surface area (Å²) in [5, 5.41) is 10.5. The predicted octanol–water partition coefficient (Wildman–Crippen LogP) is 4.51. The van der Waals surface area contributed by atoms with Gasteiger partial charge in [-0.25, -0.2) is 0 Å². The van der Waals surface area contributed by atoms with Crippen molar-refractivity contribution >= 4 is 17.5 Å². The van der Waals surface area contributed by atoms with Crippen LogP contribution in [0.5, 0.6) is 0 Å². The number of hydrogen-bond donors (Lipinski definition) is 0. The monoisotopic (exact) mass is 321 g/mol. The third-order valence-electron chi connectivity index (χ3n) is 3.03. The van der Waals surface area contributed by atoms with E-state index in [2.05, 4.69) is 0 Å². The second-order valence-corrected chi connectivity index (χ2v) is 4.59. The molecule has 0 bridgehead atoms. The van der Waals surface area contributed by atoms with Crippen molar-refractivity contribution in [3.05, 3.63) is 81.4 Å². The average molecular weight is 321 g/mol. The fourth-order valence-electron chi connectivity index (χ4n) is 1.91. The highest BCUT2D eigenvalue weighted by molar-refractivity contribution is 6.07. The van der Waals surface area contributed by atoms with Crippen LogP contribution in [-0.4, -0.2) is 10.7 Å². The van der Waals surface area contributed by atoms with Crippen LogP contribution in [0.15, 0.2) is 54.6 Å². The number of nitro groups is 1. The molecule has 0 saturated carbocycles. The summed E-state index contributed by atoms with van der Waals surface area (Å²) in [6, 6.07) is 9.79. The Morgan fingerprint density at radius 3 is 2.22 bits per heavy atom. The highest BCUT2D eigenvalue weighted by atomic mass is 19.4. The molecule has 0 aliphatic heterocycles. The molecule has 23 heavy (non-hydrogen) atoms. The molecule has 0 aliphatic rings. The third kappa shape index (κ3) is 4.03. The van der Waals surface area contributed by atoms with Crippen LogP contribution >= 0.6 is 0 Å². The van der Waals surface area contributed by atoms with E-state index in [1.807, 2.05) is 0 Å². The number of nitro benzene ring substituents is 1. The highest BCUT2D eigenvalue weighted by Gasteiger charge is 2.34. The lowest BCUT2D eigenvalue weighted by Crippen LogP contribution is -2.11. The zero-order chi connectivity index (χ0) is 17.0. The van der Waals surface area contributed by atoms with Crippen molar-refractivity contribution in [3.8, 4) is 0 Å². The van der Waals surface area contributed by atoms with Crippen molar-refractivity contribution in [1.29, 1.82) is 0 Å². The maximum Gasteiger partial charge on any atom is 0.417 e. The first-order valence-corrected chi connectivity index (χ1v) is 6.42. The van der Waals surface area contributed by atoms with Gasteiger partial charge in [0, 0.05) is 17.7 Å². The van der Waals surface area contributed by atoms with Crippen molar-refractivity contribution in [1.82, 2.24) is 0 Å². The Bertz CT molecular complexity index is 765. The Hall–Kier alpha value is -2.96. The summed E-state index contributed by atoms with van der Waals surface area (Å²) in [6.07, 6.45) is -2.31. The molecule has 0 N–H and O–H groups in total. The second-order valence-electron chi connectivity index (χ2n) is 4.59. The molecule has 0 aliphatic carbocycles. The van der Waals surface area contributed by atoms with Crippen LogP contribution in [0.2, 0.25) is 0 Å². The standard InChI is InChI=1S/C16H10F3NO3/c17-16(18,19)14-4-2-1-3-13(14)15(21)10-7-11-5-8-12(9-6-11)20(22)23/h1-10H/b10-7+. The number of allylic oxidation sites excluding steroid dienone is 1. The molecule has 0 atom stereocenters. The van der Waals surface area contributed by atoms with Gasteiger partial charge in [0.1, 0.15) is 0 Å². The molecule has 2 rings (SSSR count). The Morgan fingerprint density at radius 1 is 1.04 bits per heavy atom. The molecule has 0 amide bonds. The molecule has 0 spiro atoms. The number of halogens is 3. The second kappa shape index (κ2) is 6.43. The normalized spacial score (nSPS) is 11.6. The number of carbonyl (C=O) groups is 1. The van der Waals surface area contributed by atoms with Gasteiger partial charge in [0.15, 0.2) is 5.78 Å². The first-order valence-electron chi connectivity index (χ1n) is 6.42. The predicted molar refractivity (Wildman–Crippen MR) is 77.9 cm³/mol. The molecule has 0 unspecified atom stereocenters. The zero-order valence-electron chi connectivity index (χ0n) is 11.6. The Morgan fingerprint density at radius 2 is 1.65 bits per heavy atom. The van der Waals surface area contributed by atoms with E-state index in [0.29, 0.717) is 5.56 Å². The summed E-state index contributed by atoms with van der Waals surface area (Å²) in [5.74, 6) is -0.795. The summed E-state index contributed by atoms with van der Waals surface area (Å²) >= 11 is 0. The Labute approximate surface area is 129 Å². The Balaban J connectivity index is 2.24. The minimum Gasteiger partial charge on any atom is -0.289 e. The van der Waals surface area contributed by atoms with Gasteiger partial charge in [-0.1, -0.05) is 24.3 Å². The number of carbonyl (C=O) groups excluding carboxylic acids is 1. The lowest BCUT2D eigenvalue weighted by atomic mass is 10.0. The molecular formula is C16H10F3NO3. The first kappa shape index (κ1) is 16.4. The van der Waals surface area contributed by atoms with E-state index >= 15 is 0 Å². The summed E-state index contributed by atoms with van der Waals surface area (Å²) < 4.78 is 38.6. The topological polar surface area (TPSA) is 60.2 Å². The van der Waals surface area contributed by atoms with Crippen molar-refractivity contribution in [2.24, 2.45) is 0 Å². The van der Waals surface area contributed by atoms with Crippen LogP contribution in [0.3, 0.4) is 0 Å². The largest absolute Gasteiger partial charge is 0.417 e. The number of ketones is 1. The van der Waals surface area contributed by atoms with Gasteiger partial charge in [0.05, 0.1) is 10.5 Å². The Kier molecular flexibility index (Phi) is 4.59. The van der Waals surface area contributed by atoms with Gasteiger partial charge in [-0.15, -0.1) is 0 Å². The number of rotatable bonds is 4. The van der Waals surface area contributed by atoms with Crippen LogP contribution in [0.25, 0.3) is 6.08 Å². The fourth-order valence-corrected chi connectivity index (χ4v) is 1.91. The average Bonchev–Trinajstić information content (AvgIpc) is 2.52. The van der Waals surface area contributed by atoms with Gasteiger partial charge >= 0.3 is 6.18 Å². The van der Waals surface area contributed by atoms with E-state index in [9.17, 15) is 28.1 Å². The summed E-state index contributed by atoms with van der Waals surface area (Å²) in [5.41, 5.74) is -1.10. The summed E-state index contributed by atoms with van der Waals surface area (Å²) in [4.78, 5) is 21.9. The molecule has 0 radical (unpaired) electrons. The van der Waals surface area contributed by atoms with Crippen LogP contribution < -0.4 is 0 Å². The van der Waals surface area contributed by atoms with Crippen LogP contribution in [0.1, 0.15) is 21.5 Å². The number of benzene rings is 2. The molecule has 0 saturated heterocycles. The van der Waals surface area contributed by atoms with Gasteiger partial charge in [-0.2, -0.15) is 13.2 Å². The number of alkyl halides is 3. The SMILES string of the molecule is O=C(/C=C/c1ccc([N+](=O)[O-])cc1)c1ccccc1C(F)(F)F. The molecule has 0 heterocycles. The smallest absolute Gasteiger partial charge is 0.289 e. The van der Waals surface area contributed by atoms with E-state index in [0.717, 1.165) is 18.2 Å². The maximum absolute atomic E-state index is 12.9. The van der Waals surface area contributed by atoms with Gasteiger partial charge in [0.25, 0.3) is 5.69 Å². The van der Waals surface area contributed by atoms with Crippen molar-refractivity contribution in [2.45, 2.75) is 6.18 Å². The van der Waals surface area contributed by atoms with Crippen molar-refractivity contribution in [3.63, 3.8) is 0 Å². The molecule has 118 valence electrons. The fraction of sp³-hybridized carbons (Fsp3) is 0.0625. The van der Waals surface area contributed by atoms with E-state index in [1.165, 1.54) is 42.5 Å². The summed E-state index contributed by atoms with van der Waals surface area (Å²) in [7, 11) is 0. The minimum absolute atomic E-state index is 0.115. The van der Waals surface area contributed by atoms with Crippen LogP contribution in [-0.2, 0) is 6.18 Å². The maximum atomic E-state index is 12.9. The molecule has 4 nitrogen and oxygen atoms in total. The van der Waals surface area contributed by atoms with E-state index in [1.54, 1.807) is 0 Å². The molecule has 2 aromatic rings. The van der Waals surface area contributed by atoms with E-state index in [4.69, 9.17) is 0 Å². The molecule has 2 aromatic carbocycles. The van der Waals surface area contributed by atoms with Crippen molar-refractivity contribution in [2.75, 3.05) is 0 Å². The lowest BCUT2D eigenvalue weighted by Gasteiger charge is -2.10. The van der Waals surface area contributed by atoms with Crippen LogP contribution in [0.4, 0.5) is 18.9 Å². The van der Waals surface area contributed by atoms with Gasteiger partial charge < -0.3 is 0 Å². The number of non-ortho nitro benzene ring substituents is 1. The van der Waals surface area contributed by atoms with Crippen LogP contribution in [0, 0.1) is 10.1 Å². The minimum atomic E-state index is -4.62. The number of hydrogen-bond acceptors (Lipinski definition) is 3. The van der Waals surface area contributed by atoms with E-state index in [-0.39, 0.29) is 5.69 Å². The molecule has 0 aromatic heterocycles. The first-order chi connectivity index (χ1) is 10.8. The van der Waals surface area contributed by atoms with E-state index < -0.39 is 28.0 Å². The third-order valence-corrected chi connectivity index (χ3v) is 3.03. The molecule has 0 fully saturated rings. The highest BCUT2D eigenvalue weighted by Crippen LogP contribution is 2.32. The quantitative estimate of drug-likeness (QED) is 0.360. The molecule has 7 heteroatoms. The zero-order valence-corrected chi connectivity index (χ0v) is 11.6. The van der Waals surface area contributed by atoms with Crippen molar-refractivity contribution < 1.29 is 22.9 Å². The number of nitrogens with zero attached hydrogens (tertiary/aromatic N) is 1. The van der Waals surface area contributed by atoms with Gasteiger partial charge in [0.2, 0.25) is 0 Å². The molecular weight excluding hydrogens is 311 g/mol. The van der Waals surface area contributed by atoms with Gasteiger partial charge in [-0.05, 0) is 29.8 Å². The summed E-state index contributed by atoms with van der Waals surface area (Å²) in [6.45, 7) is 0.